The maximum atomic E-state index is 12.3. The van der Waals surface area contributed by atoms with E-state index >= 15 is 0 Å². The molecule has 1 aromatic carbocycles. The third-order valence-electron chi connectivity index (χ3n) is 6.08. The van der Waals surface area contributed by atoms with Crippen LogP contribution < -0.4 is 4.90 Å². The fourth-order valence-corrected chi connectivity index (χ4v) is 3.99. The topological polar surface area (TPSA) is 66.6 Å². The van der Waals surface area contributed by atoms with E-state index in [9.17, 15) is 4.79 Å². The maximum absolute atomic E-state index is 12.3. The van der Waals surface area contributed by atoms with Gasteiger partial charge >= 0.3 is 0 Å². The highest BCUT2D eigenvalue weighted by Gasteiger charge is 2.35. The van der Waals surface area contributed by atoms with Crippen molar-refractivity contribution in [1.29, 1.82) is 0 Å². The molecule has 0 N–H and O–H groups in total. The van der Waals surface area contributed by atoms with Gasteiger partial charge in [-0.05, 0) is 29.9 Å². The molecule has 1 saturated heterocycles. The van der Waals surface area contributed by atoms with Gasteiger partial charge in [0.1, 0.15) is 0 Å². The number of rotatable bonds is 3. The molecule has 1 aliphatic carbocycles. The van der Waals surface area contributed by atoms with Crippen molar-refractivity contribution in [3.8, 4) is 11.3 Å². The van der Waals surface area contributed by atoms with Crippen LogP contribution in [0.5, 0.6) is 0 Å². The summed E-state index contributed by atoms with van der Waals surface area (Å²) in [7, 11) is 0. The van der Waals surface area contributed by atoms with E-state index in [2.05, 4.69) is 59.9 Å². The number of amides is 1. The molecule has 5 rings (SSSR count). The Hall–Kier alpha value is -2.96. The van der Waals surface area contributed by atoms with Gasteiger partial charge in [-0.2, -0.15) is 9.50 Å². The van der Waals surface area contributed by atoms with Crippen molar-refractivity contribution in [1.82, 2.24) is 24.5 Å². The molecule has 1 aliphatic heterocycles. The lowest BCUT2D eigenvalue weighted by molar-refractivity contribution is -0.132. The zero-order valence-corrected chi connectivity index (χ0v) is 17.9. The first-order chi connectivity index (χ1) is 14.4. The lowest BCUT2D eigenvalue weighted by Crippen LogP contribution is -2.49. The number of benzene rings is 1. The Kier molecular flexibility index (Phi) is 4.49. The van der Waals surface area contributed by atoms with E-state index in [1.165, 1.54) is 5.56 Å². The fourth-order valence-electron chi connectivity index (χ4n) is 3.99. The minimum atomic E-state index is 0.121. The van der Waals surface area contributed by atoms with Crippen molar-refractivity contribution in [3.05, 3.63) is 42.1 Å². The minimum Gasteiger partial charge on any atom is -0.339 e. The number of fused-ring (bicyclic) bond motifs is 1. The zero-order chi connectivity index (χ0) is 20.9. The average Bonchev–Trinajstić information content (AvgIpc) is 3.50. The highest BCUT2D eigenvalue weighted by atomic mass is 16.2. The number of hydrogen-bond acceptors (Lipinski definition) is 5. The summed E-state index contributed by atoms with van der Waals surface area (Å²) >= 11 is 0. The summed E-state index contributed by atoms with van der Waals surface area (Å²) in [4.78, 5) is 25.5. The first kappa shape index (κ1) is 19.0. The molecule has 3 heterocycles. The molecule has 30 heavy (non-hydrogen) atoms. The molecular weight excluding hydrogens is 376 g/mol. The number of carbonyl (C=O) groups is 1. The Morgan fingerprint density at radius 1 is 1.00 bits per heavy atom. The molecule has 1 amide bonds. The summed E-state index contributed by atoms with van der Waals surface area (Å²) in [6, 6.07) is 10.6. The number of hydrogen-bond donors (Lipinski definition) is 0. The summed E-state index contributed by atoms with van der Waals surface area (Å²) in [5, 5.41) is 4.77. The molecule has 2 fully saturated rings. The summed E-state index contributed by atoms with van der Waals surface area (Å²) < 4.78 is 1.82. The van der Waals surface area contributed by atoms with Gasteiger partial charge < -0.3 is 9.80 Å². The largest absolute Gasteiger partial charge is 0.339 e. The van der Waals surface area contributed by atoms with Crippen molar-refractivity contribution in [2.45, 2.75) is 39.0 Å². The van der Waals surface area contributed by atoms with E-state index in [1.54, 1.807) is 6.20 Å². The molecule has 156 valence electrons. The van der Waals surface area contributed by atoms with Crippen LogP contribution in [0.2, 0.25) is 0 Å². The van der Waals surface area contributed by atoms with Crippen LogP contribution in [0.15, 0.2) is 36.5 Å². The number of aromatic nitrogens is 4. The quantitative estimate of drug-likeness (QED) is 0.671. The molecule has 0 radical (unpaired) electrons. The van der Waals surface area contributed by atoms with Crippen molar-refractivity contribution in [2.24, 2.45) is 5.92 Å². The van der Waals surface area contributed by atoms with Crippen LogP contribution in [0.25, 0.3) is 17.0 Å². The Morgan fingerprint density at radius 2 is 1.70 bits per heavy atom. The maximum Gasteiger partial charge on any atom is 0.254 e. The van der Waals surface area contributed by atoms with Crippen LogP contribution in [0, 0.1) is 5.92 Å². The van der Waals surface area contributed by atoms with Crippen molar-refractivity contribution in [3.63, 3.8) is 0 Å². The summed E-state index contributed by atoms with van der Waals surface area (Å²) in [5.41, 5.74) is 3.48. The smallest absolute Gasteiger partial charge is 0.254 e. The van der Waals surface area contributed by atoms with Crippen molar-refractivity contribution in [2.75, 3.05) is 31.1 Å². The molecule has 7 heteroatoms. The molecule has 1 saturated carbocycles. The second-order valence-electron chi connectivity index (χ2n) is 9.37. The molecule has 2 aliphatic rings. The van der Waals surface area contributed by atoms with E-state index in [4.69, 9.17) is 5.10 Å². The van der Waals surface area contributed by atoms with Gasteiger partial charge in [-0.15, -0.1) is 5.10 Å². The molecule has 3 aromatic rings. The molecule has 2 aromatic heterocycles. The van der Waals surface area contributed by atoms with Crippen molar-refractivity contribution >= 4 is 17.6 Å². The molecule has 0 atom stereocenters. The highest BCUT2D eigenvalue weighted by molar-refractivity contribution is 5.81. The second-order valence-corrected chi connectivity index (χ2v) is 9.37. The van der Waals surface area contributed by atoms with Crippen LogP contribution in [-0.2, 0) is 10.2 Å². The van der Waals surface area contributed by atoms with Crippen LogP contribution in [0.3, 0.4) is 0 Å². The van der Waals surface area contributed by atoms with E-state index in [0.29, 0.717) is 17.6 Å². The second kappa shape index (κ2) is 7.07. The van der Waals surface area contributed by atoms with Crippen LogP contribution in [-0.4, -0.2) is 56.6 Å². The standard InChI is InChI=1S/C23H28N6O/c1-23(2,3)18-8-6-16(7-9-18)19-10-11-24-21-25-22(26-29(19)21)28-14-12-27(13-15-28)20(30)17-4-5-17/h6-11,17H,4-5,12-15H2,1-3H3. The first-order valence-corrected chi connectivity index (χ1v) is 10.8. The molecule has 0 spiro atoms. The Morgan fingerprint density at radius 3 is 2.33 bits per heavy atom. The van der Waals surface area contributed by atoms with Gasteiger partial charge in [0.05, 0.1) is 5.69 Å². The first-order valence-electron chi connectivity index (χ1n) is 10.8. The van der Waals surface area contributed by atoms with Gasteiger partial charge in [0.2, 0.25) is 11.9 Å². The van der Waals surface area contributed by atoms with Crippen LogP contribution in [0.4, 0.5) is 5.95 Å². The van der Waals surface area contributed by atoms with E-state index < -0.39 is 0 Å². The minimum absolute atomic E-state index is 0.121. The Bertz CT molecular complexity index is 1070. The van der Waals surface area contributed by atoms with Gasteiger partial charge in [-0.3, -0.25) is 4.79 Å². The number of carbonyl (C=O) groups excluding carboxylic acids is 1. The molecular formula is C23H28N6O. The van der Waals surface area contributed by atoms with Gasteiger partial charge in [-0.25, -0.2) is 4.98 Å². The van der Waals surface area contributed by atoms with Gasteiger partial charge in [0, 0.05) is 43.9 Å². The van der Waals surface area contributed by atoms with Gasteiger partial charge in [0.15, 0.2) is 0 Å². The normalized spacial score (nSPS) is 17.6. The molecule has 0 unspecified atom stereocenters. The van der Waals surface area contributed by atoms with E-state index in [-0.39, 0.29) is 11.3 Å². The van der Waals surface area contributed by atoms with Crippen LogP contribution in [0.1, 0.15) is 39.2 Å². The number of nitrogens with zero attached hydrogens (tertiary/aromatic N) is 6. The van der Waals surface area contributed by atoms with Crippen molar-refractivity contribution < 1.29 is 4.79 Å². The Labute approximate surface area is 176 Å². The monoisotopic (exact) mass is 404 g/mol. The number of anilines is 1. The van der Waals surface area contributed by atoms with Gasteiger partial charge in [0.25, 0.3) is 5.78 Å². The highest BCUT2D eigenvalue weighted by Crippen LogP contribution is 2.31. The summed E-state index contributed by atoms with van der Waals surface area (Å²) in [6.07, 6.45) is 3.89. The lowest BCUT2D eigenvalue weighted by Gasteiger charge is -2.34. The Balaban J connectivity index is 1.38. The summed E-state index contributed by atoms with van der Waals surface area (Å²) in [5.74, 6) is 1.88. The predicted molar refractivity (Wildman–Crippen MR) is 116 cm³/mol. The predicted octanol–water partition coefficient (Wildman–Crippen LogP) is 3.15. The molecule has 0 bridgehead atoms. The third-order valence-corrected chi connectivity index (χ3v) is 6.08. The average molecular weight is 405 g/mol. The third kappa shape index (κ3) is 3.53. The fraction of sp³-hybridized carbons (Fsp3) is 0.478. The van der Waals surface area contributed by atoms with E-state index in [0.717, 1.165) is 50.3 Å². The lowest BCUT2D eigenvalue weighted by atomic mass is 9.86. The van der Waals surface area contributed by atoms with Gasteiger partial charge in [-0.1, -0.05) is 45.0 Å². The van der Waals surface area contributed by atoms with Crippen LogP contribution >= 0.6 is 0 Å². The molecule has 7 nitrogen and oxygen atoms in total. The number of piperazine rings is 1. The van der Waals surface area contributed by atoms with E-state index in [1.807, 2.05) is 15.5 Å². The SMILES string of the molecule is CC(C)(C)c1ccc(-c2ccnc3nc(N4CCN(C(=O)C5CC5)CC4)nn23)cc1. The summed E-state index contributed by atoms with van der Waals surface area (Å²) in [6.45, 7) is 9.63. The zero-order valence-electron chi connectivity index (χ0n) is 17.9.